The molecule has 0 saturated carbocycles. The van der Waals surface area contributed by atoms with E-state index < -0.39 is 6.36 Å². The normalized spacial score (nSPS) is 19.6. The number of ether oxygens (including phenoxy) is 1. The number of halogens is 3. The van der Waals surface area contributed by atoms with Crippen molar-refractivity contribution in [3.05, 3.63) is 66.2 Å². The fraction of sp³-hybridized carbons (Fsp3) is 0.318. The average molecular weight is 421 g/mol. The second-order valence-corrected chi connectivity index (χ2v) is 7.31. The second kappa shape index (κ2) is 10.3. The van der Waals surface area contributed by atoms with Gasteiger partial charge in [0.15, 0.2) is 6.54 Å². The topological polar surface area (TPSA) is 47.2 Å². The van der Waals surface area contributed by atoms with Crippen molar-refractivity contribution in [3.63, 3.8) is 0 Å². The molecule has 2 aromatic rings. The number of piperazine rings is 1. The number of hydrogen-bond donors (Lipinski definition) is 3. The molecule has 0 bridgehead atoms. The fourth-order valence-electron chi connectivity index (χ4n) is 3.44. The SMILES string of the molecule is O=C(C[NH+]1CC[NH+](C/C=C/c2ccccc2)CC1)Nc1ccc(OC(F)(F)F)cc1. The van der Waals surface area contributed by atoms with Crippen molar-refractivity contribution < 1.29 is 32.5 Å². The van der Waals surface area contributed by atoms with Crippen molar-refractivity contribution in [3.8, 4) is 5.75 Å². The number of quaternary nitrogens is 2. The number of amides is 1. The highest BCUT2D eigenvalue weighted by Gasteiger charge is 2.31. The molecule has 0 aliphatic carbocycles. The molecule has 1 aliphatic heterocycles. The average Bonchev–Trinajstić information content (AvgIpc) is 2.70. The Labute approximate surface area is 173 Å². The quantitative estimate of drug-likeness (QED) is 0.625. The number of nitrogens with one attached hydrogen (secondary N) is 3. The van der Waals surface area contributed by atoms with Gasteiger partial charge >= 0.3 is 6.36 Å². The van der Waals surface area contributed by atoms with Crippen LogP contribution >= 0.6 is 0 Å². The fourth-order valence-corrected chi connectivity index (χ4v) is 3.44. The van der Waals surface area contributed by atoms with Crippen molar-refractivity contribution in [2.45, 2.75) is 6.36 Å². The lowest BCUT2D eigenvalue weighted by Gasteiger charge is -2.28. The zero-order valence-corrected chi connectivity index (χ0v) is 16.5. The molecule has 1 aliphatic rings. The van der Waals surface area contributed by atoms with Crippen LogP contribution in [0.3, 0.4) is 0 Å². The first-order chi connectivity index (χ1) is 14.4. The van der Waals surface area contributed by atoms with Crippen LogP contribution < -0.4 is 19.9 Å². The third kappa shape index (κ3) is 7.53. The number of carbonyl (C=O) groups excluding carboxylic acids is 1. The van der Waals surface area contributed by atoms with Gasteiger partial charge in [-0.15, -0.1) is 13.2 Å². The van der Waals surface area contributed by atoms with E-state index in [1.165, 1.54) is 39.6 Å². The summed E-state index contributed by atoms with van der Waals surface area (Å²) < 4.78 is 40.4. The third-order valence-corrected chi connectivity index (χ3v) is 4.96. The molecule has 0 radical (unpaired) electrons. The van der Waals surface area contributed by atoms with E-state index in [1.54, 1.807) is 0 Å². The van der Waals surface area contributed by atoms with Crippen LogP contribution in [0.5, 0.6) is 5.75 Å². The Kier molecular flexibility index (Phi) is 7.48. The molecule has 1 heterocycles. The molecule has 1 fully saturated rings. The van der Waals surface area contributed by atoms with Gasteiger partial charge < -0.3 is 19.9 Å². The number of hydrogen-bond acceptors (Lipinski definition) is 2. The maximum Gasteiger partial charge on any atom is 0.573 e. The van der Waals surface area contributed by atoms with Crippen molar-refractivity contribution in [2.24, 2.45) is 0 Å². The van der Waals surface area contributed by atoms with Gasteiger partial charge in [-0.2, -0.15) is 0 Å². The summed E-state index contributed by atoms with van der Waals surface area (Å²) in [6.45, 7) is 5.09. The standard InChI is InChI=1S/C22H24F3N3O2/c23-22(24,25)30-20-10-8-19(9-11-20)26-21(29)17-28-15-13-27(14-16-28)12-4-7-18-5-2-1-3-6-18/h1-11H,12-17H2,(H,26,29)/p+2/b7-4+. The third-order valence-electron chi connectivity index (χ3n) is 4.96. The summed E-state index contributed by atoms with van der Waals surface area (Å²) in [6.07, 6.45) is -0.408. The zero-order valence-electron chi connectivity index (χ0n) is 16.5. The summed E-state index contributed by atoms with van der Waals surface area (Å²) in [5.41, 5.74) is 1.64. The number of alkyl halides is 3. The van der Waals surface area contributed by atoms with Gasteiger partial charge in [-0.05, 0) is 35.9 Å². The molecule has 8 heteroatoms. The minimum absolute atomic E-state index is 0.151. The summed E-state index contributed by atoms with van der Waals surface area (Å²) in [5, 5.41) is 2.73. The lowest BCUT2D eigenvalue weighted by Crippen LogP contribution is -3.28. The van der Waals surface area contributed by atoms with Crippen LogP contribution in [0.4, 0.5) is 18.9 Å². The molecule has 1 saturated heterocycles. The van der Waals surface area contributed by atoms with Crippen LogP contribution in [0.2, 0.25) is 0 Å². The van der Waals surface area contributed by atoms with Crippen LogP contribution in [0.15, 0.2) is 60.7 Å². The van der Waals surface area contributed by atoms with E-state index in [1.807, 2.05) is 18.2 Å². The van der Waals surface area contributed by atoms with Crippen molar-refractivity contribution in [2.75, 3.05) is 44.6 Å². The highest BCUT2D eigenvalue weighted by atomic mass is 19.4. The Bertz CT molecular complexity index is 831. The minimum atomic E-state index is -4.73. The van der Waals surface area contributed by atoms with Gasteiger partial charge in [0.05, 0.1) is 6.54 Å². The summed E-state index contributed by atoms with van der Waals surface area (Å²) in [4.78, 5) is 14.9. The molecule has 3 N–H and O–H groups in total. The first kappa shape index (κ1) is 21.9. The largest absolute Gasteiger partial charge is 0.573 e. The Hall–Kier alpha value is -2.84. The molecule has 3 rings (SSSR count). The Morgan fingerprint density at radius 1 is 0.967 bits per heavy atom. The van der Waals surface area contributed by atoms with Gasteiger partial charge in [0.1, 0.15) is 31.9 Å². The van der Waals surface area contributed by atoms with E-state index in [2.05, 4.69) is 34.3 Å². The molecule has 5 nitrogen and oxygen atoms in total. The summed E-state index contributed by atoms with van der Waals surface area (Å²) >= 11 is 0. The Balaban J connectivity index is 1.37. The molecule has 0 unspecified atom stereocenters. The Morgan fingerprint density at radius 3 is 2.23 bits per heavy atom. The first-order valence-electron chi connectivity index (χ1n) is 9.92. The smallest absolute Gasteiger partial charge is 0.406 e. The maximum absolute atomic E-state index is 12.2. The highest BCUT2D eigenvalue weighted by Crippen LogP contribution is 2.23. The molecule has 30 heavy (non-hydrogen) atoms. The molecular formula is C22H26F3N3O2+2. The van der Waals surface area contributed by atoms with Crippen LogP contribution in [0, 0.1) is 0 Å². The first-order valence-corrected chi connectivity index (χ1v) is 9.92. The lowest BCUT2D eigenvalue weighted by molar-refractivity contribution is -1.01. The summed E-state index contributed by atoms with van der Waals surface area (Å²) in [6, 6.07) is 15.3. The van der Waals surface area contributed by atoms with Gasteiger partial charge in [0.25, 0.3) is 5.91 Å². The minimum Gasteiger partial charge on any atom is -0.406 e. The molecule has 0 aromatic heterocycles. The number of benzene rings is 2. The van der Waals surface area contributed by atoms with E-state index in [4.69, 9.17) is 0 Å². The van der Waals surface area contributed by atoms with Crippen LogP contribution in [-0.2, 0) is 4.79 Å². The predicted octanol–water partition coefficient (Wildman–Crippen LogP) is 1.02. The summed E-state index contributed by atoms with van der Waals surface area (Å²) in [5.74, 6) is -0.464. The van der Waals surface area contributed by atoms with Crippen LogP contribution in [0.25, 0.3) is 6.08 Å². The summed E-state index contributed by atoms with van der Waals surface area (Å²) in [7, 11) is 0. The van der Waals surface area contributed by atoms with Gasteiger partial charge in [-0.25, -0.2) is 0 Å². The highest BCUT2D eigenvalue weighted by molar-refractivity contribution is 5.91. The lowest BCUT2D eigenvalue weighted by atomic mass is 10.2. The molecule has 160 valence electrons. The second-order valence-electron chi connectivity index (χ2n) is 7.31. The molecule has 0 spiro atoms. The monoisotopic (exact) mass is 421 g/mol. The molecule has 0 atom stereocenters. The molecular weight excluding hydrogens is 395 g/mol. The van der Waals surface area contributed by atoms with Crippen molar-refractivity contribution >= 4 is 17.7 Å². The zero-order chi connectivity index (χ0) is 21.4. The van der Waals surface area contributed by atoms with Gasteiger partial charge in [0, 0.05) is 5.69 Å². The maximum atomic E-state index is 12.2. The molecule has 1 amide bonds. The Morgan fingerprint density at radius 2 is 1.60 bits per heavy atom. The number of rotatable bonds is 7. The number of anilines is 1. The van der Waals surface area contributed by atoms with E-state index in [9.17, 15) is 18.0 Å². The molecule has 2 aromatic carbocycles. The number of carbonyl (C=O) groups is 1. The van der Waals surface area contributed by atoms with E-state index in [-0.39, 0.29) is 11.7 Å². The van der Waals surface area contributed by atoms with Gasteiger partial charge in [-0.3, -0.25) is 4.79 Å². The van der Waals surface area contributed by atoms with E-state index in [0.29, 0.717) is 12.2 Å². The van der Waals surface area contributed by atoms with Crippen LogP contribution in [-0.4, -0.2) is 51.5 Å². The van der Waals surface area contributed by atoms with E-state index >= 15 is 0 Å². The van der Waals surface area contributed by atoms with E-state index in [0.717, 1.165) is 32.7 Å². The van der Waals surface area contributed by atoms with Crippen molar-refractivity contribution in [1.29, 1.82) is 0 Å². The van der Waals surface area contributed by atoms with Crippen molar-refractivity contribution in [1.82, 2.24) is 0 Å². The predicted molar refractivity (Wildman–Crippen MR) is 108 cm³/mol. The van der Waals surface area contributed by atoms with Gasteiger partial charge in [-0.1, -0.05) is 36.4 Å². The van der Waals surface area contributed by atoms with Crippen LogP contribution in [0.1, 0.15) is 5.56 Å². The van der Waals surface area contributed by atoms with Gasteiger partial charge in [0.2, 0.25) is 0 Å².